The normalized spacial score (nSPS) is 13.8. The molecule has 0 radical (unpaired) electrons. The van der Waals surface area contributed by atoms with Gasteiger partial charge in [-0.15, -0.1) is 11.3 Å². The molecule has 154 valence electrons. The van der Waals surface area contributed by atoms with Gasteiger partial charge in [-0.05, 0) is 37.6 Å². The molecule has 1 saturated carbocycles. The molecule has 2 aromatic rings. The highest BCUT2D eigenvalue weighted by atomic mass is 32.1. The zero-order chi connectivity index (χ0) is 20.8. The van der Waals surface area contributed by atoms with Crippen molar-refractivity contribution in [2.75, 3.05) is 24.5 Å². The van der Waals surface area contributed by atoms with E-state index in [0.717, 1.165) is 13.1 Å². The summed E-state index contributed by atoms with van der Waals surface area (Å²) in [6.45, 7) is 5.93. The molecule has 1 aliphatic rings. The molecule has 1 aromatic carbocycles. The van der Waals surface area contributed by atoms with E-state index in [-0.39, 0.29) is 17.5 Å². The van der Waals surface area contributed by atoms with E-state index < -0.39 is 5.82 Å². The van der Waals surface area contributed by atoms with Gasteiger partial charge in [0.1, 0.15) is 5.82 Å². The summed E-state index contributed by atoms with van der Waals surface area (Å²) in [6.07, 6.45) is 5.51. The fourth-order valence-electron chi connectivity index (χ4n) is 3.08. The summed E-state index contributed by atoms with van der Waals surface area (Å²) in [6, 6.07) is 6.74. The molecule has 8 heteroatoms. The number of hydrogen-bond acceptors (Lipinski definition) is 5. The number of likely N-dealkylation sites (N-methyl/N-ethyl adjacent to an activating group) is 1. The largest absolute Gasteiger partial charge is 0.351 e. The number of benzene rings is 1. The molecule has 1 aromatic heterocycles. The first-order valence-electron chi connectivity index (χ1n) is 9.70. The first-order valence-corrected chi connectivity index (χ1v) is 10.6. The SMILES string of the molecule is CCN(CCNC(=O)C=Cc1csc(N(C(C)=O)c2ccccc2F)n1)C1CC1. The molecule has 29 heavy (non-hydrogen) atoms. The maximum atomic E-state index is 14.1. The van der Waals surface area contributed by atoms with Crippen LogP contribution >= 0.6 is 11.3 Å². The molecular formula is C21H25FN4O2S. The summed E-state index contributed by atoms with van der Waals surface area (Å²) in [5, 5.41) is 4.95. The van der Waals surface area contributed by atoms with E-state index in [1.165, 1.54) is 54.2 Å². The summed E-state index contributed by atoms with van der Waals surface area (Å²) < 4.78 is 14.1. The van der Waals surface area contributed by atoms with Crippen LogP contribution in [0, 0.1) is 5.82 Å². The molecule has 1 N–H and O–H groups in total. The Labute approximate surface area is 174 Å². The Balaban J connectivity index is 1.59. The van der Waals surface area contributed by atoms with Crippen LogP contribution in [0.3, 0.4) is 0 Å². The van der Waals surface area contributed by atoms with Crippen molar-refractivity contribution >= 4 is 40.0 Å². The van der Waals surface area contributed by atoms with E-state index in [9.17, 15) is 14.0 Å². The van der Waals surface area contributed by atoms with Crippen molar-refractivity contribution < 1.29 is 14.0 Å². The Morgan fingerprint density at radius 1 is 1.34 bits per heavy atom. The molecule has 0 spiro atoms. The van der Waals surface area contributed by atoms with E-state index in [0.29, 0.717) is 23.4 Å². The van der Waals surface area contributed by atoms with Crippen molar-refractivity contribution in [3.05, 3.63) is 47.2 Å². The van der Waals surface area contributed by atoms with Crippen molar-refractivity contribution in [2.24, 2.45) is 0 Å². The van der Waals surface area contributed by atoms with E-state index >= 15 is 0 Å². The quantitative estimate of drug-likeness (QED) is 0.635. The number of halogens is 1. The van der Waals surface area contributed by atoms with Gasteiger partial charge >= 0.3 is 0 Å². The van der Waals surface area contributed by atoms with Crippen LogP contribution in [0.2, 0.25) is 0 Å². The Morgan fingerprint density at radius 3 is 2.76 bits per heavy atom. The predicted octanol–water partition coefficient (Wildman–Crippen LogP) is 3.58. The average Bonchev–Trinajstić information content (AvgIpc) is 3.43. The monoisotopic (exact) mass is 416 g/mol. The Kier molecular flexibility index (Phi) is 7.11. The Bertz CT molecular complexity index is 894. The number of para-hydroxylation sites is 1. The van der Waals surface area contributed by atoms with Crippen LogP contribution in [0.4, 0.5) is 15.2 Å². The number of anilines is 2. The third-order valence-corrected chi connectivity index (χ3v) is 5.53. The van der Waals surface area contributed by atoms with Gasteiger partial charge in [-0.2, -0.15) is 0 Å². The molecule has 0 bridgehead atoms. The number of carbonyl (C=O) groups excluding carboxylic acids is 2. The van der Waals surface area contributed by atoms with Crippen LogP contribution in [0.15, 0.2) is 35.7 Å². The molecule has 3 rings (SSSR count). The van der Waals surface area contributed by atoms with E-state index in [2.05, 4.69) is 22.1 Å². The minimum absolute atomic E-state index is 0.152. The second kappa shape index (κ2) is 9.76. The lowest BCUT2D eigenvalue weighted by atomic mass is 10.3. The zero-order valence-corrected chi connectivity index (χ0v) is 17.4. The van der Waals surface area contributed by atoms with Gasteiger partial charge in [-0.25, -0.2) is 9.37 Å². The number of thiazole rings is 1. The molecule has 1 heterocycles. The average molecular weight is 417 g/mol. The van der Waals surface area contributed by atoms with Gasteiger partial charge in [0.2, 0.25) is 11.8 Å². The summed E-state index contributed by atoms with van der Waals surface area (Å²) in [7, 11) is 0. The molecule has 0 unspecified atom stereocenters. The van der Waals surface area contributed by atoms with Crippen LogP contribution in [0.5, 0.6) is 0 Å². The molecule has 1 aliphatic carbocycles. The molecular weight excluding hydrogens is 391 g/mol. The number of carbonyl (C=O) groups is 2. The molecule has 2 amide bonds. The highest BCUT2D eigenvalue weighted by molar-refractivity contribution is 7.14. The van der Waals surface area contributed by atoms with E-state index in [1.807, 2.05) is 0 Å². The van der Waals surface area contributed by atoms with Crippen LogP contribution in [0.25, 0.3) is 6.08 Å². The molecule has 1 fully saturated rings. The summed E-state index contributed by atoms with van der Waals surface area (Å²) >= 11 is 1.21. The van der Waals surface area contributed by atoms with Crippen molar-refractivity contribution in [3.8, 4) is 0 Å². The maximum Gasteiger partial charge on any atom is 0.244 e. The topological polar surface area (TPSA) is 65.5 Å². The second-order valence-corrected chi connectivity index (χ2v) is 7.68. The lowest BCUT2D eigenvalue weighted by Crippen LogP contribution is -2.35. The third kappa shape index (κ3) is 5.71. The Hall–Kier alpha value is -2.58. The van der Waals surface area contributed by atoms with Crippen LogP contribution in [0.1, 0.15) is 32.4 Å². The number of rotatable bonds is 9. The maximum absolute atomic E-state index is 14.1. The number of hydrogen-bond donors (Lipinski definition) is 1. The minimum Gasteiger partial charge on any atom is -0.351 e. The van der Waals surface area contributed by atoms with Gasteiger partial charge in [0.25, 0.3) is 0 Å². The predicted molar refractivity (Wildman–Crippen MR) is 114 cm³/mol. The van der Waals surface area contributed by atoms with E-state index in [1.54, 1.807) is 23.6 Å². The molecule has 0 atom stereocenters. The highest BCUT2D eigenvalue weighted by Crippen LogP contribution is 2.31. The zero-order valence-electron chi connectivity index (χ0n) is 16.6. The third-order valence-electron chi connectivity index (χ3n) is 4.68. The lowest BCUT2D eigenvalue weighted by Gasteiger charge is -2.19. The second-order valence-electron chi connectivity index (χ2n) is 6.84. The number of aromatic nitrogens is 1. The molecule has 0 aliphatic heterocycles. The molecule has 6 nitrogen and oxygen atoms in total. The smallest absolute Gasteiger partial charge is 0.244 e. The first-order chi connectivity index (χ1) is 14.0. The summed E-state index contributed by atoms with van der Waals surface area (Å²) in [5.41, 5.74) is 0.690. The van der Waals surface area contributed by atoms with Gasteiger partial charge in [0.05, 0.1) is 11.4 Å². The summed E-state index contributed by atoms with van der Waals surface area (Å²) in [4.78, 5) is 32.1. The van der Waals surface area contributed by atoms with Gasteiger partial charge in [-0.3, -0.25) is 19.4 Å². The van der Waals surface area contributed by atoms with Crippen molar-refractivity contribution in [1.82, 2.24) is 15.2 Å². The highest BCUT2D eigenvalue weighted by Gasteiger charge is 2.27. The van der Waals surface area contributed by atoms with Crippen molar-refractivity contribution in [2.45, 2.75) is 32.7 Å². The van der Waals surface area contributed by atoms with E-state index in [4.69, 9.17) is 0 Å². The van der Waals surface area contributed by atoms with Gasteiger partial charge in [-0.1, -0.05) is 19.1 Å². The fourth-order valence-corrected chi connectivity index (χ4v) is 3.93. The van der Waals surface area contributed by atoms with Gasteiger partial charge in [0.15, 0.2) is 5.13 Å². The van der Waals surface area contributed by atoms with Gasteiger partial charge < -0.3 is 5.32 Å². The summed E-state index contributed by atoms with van der Waals surface area (Å²) in [5.74, 6) is -1.03. The number of nitrogens with one attached hydrogen (secondary N) is 1. The van der Waals surface area contributed by atoms with Crippen molar-refractivity contribution in [3.63, 3.8) is 0 Å². The van der Waals surface area contributed by atoms with Crippen LogP contribution in [-0.2, 0) is 9.59 Å². The van der Waals surface area contributed by atoms with Crippen LogP contribution < -0.4 is 10.2 Å². The Morgan fingerprint density at radius 2 is 2.10 bits per heavy atom. The lowest BCUT2D eigenvalue weighted by molar-refractivity contribution is -0.117. The first kappa shape index (κ1) is 21.1. The van der Waals surface area contributed by atoms with Gasteiger partial charge in [0, 0.05) is 37.5 Å². The fraction of sp³-hybridized carbons (Fsp3) is 0.381. The van der Waals surface area contributed by atoms with Crippen LogP contribution in [-0.4, -0.2) is 47.4 Å². The molecule has 0 saturated heterocycles. The minimum atomic E-state index is -0.498. The standard InChI is InChI=1S/C21H25FN4O2S/c1-3-25(17-9-10-17)13-12-23-20(28)11-8-16-14-29-21(24-16)26(15(2)27)19-7-5-4-6-18(19)22/h4-8,11,14,17H,3,9-10,12-13H2,1-2H3,(H,23,28). The van der Waals surface area contributed by atoms with Crippen molar-refractivity contribution in [1.29, 1.82) is 0 Å². The number of amides is 2. The number of nitrogens with zero attached hydrogens (tertiary/aromatic N) is 3.